The number of hydrogen-bond acceptors (Lipinski definition) is 2. The van der Waals surface area contributed by atoms with Gasteiger partial charge >= 0.3 is 0 Å². The number of carbonyl (C=O) groups is 1. The molecule has 0 aromatic heterocycles. The molecule has 1 saturated carbocycles. The van der Waals surface area contributed by atoms with Gasteiger partial charge in [-0.05, 0) is 30.7 Å². The van der Waals surface area contributed by atoms with E-state index in [1.54, 1.807) is 7.11 Å². The molecule has 1 aliphatic carbocycles. The second-order valence-corrected chi connectivity index (χ2v) is 5.27. The molecule has 1 fully saturated rings. The highest BCUT2D eigenvalue weighted by molar-refractivity contribution is 6.27. The Labute approximate surface area is 119 Å². The van der Waals surface area contributed by atoms with E-state index < -0.39 is 0 Å². The molecule has 3 unspecified atom stereocenters. The number of ether oxygens (including phenoxy) is 1. The van der Waals surface area contributed by atoms with Crippen molar-refractivity contribution in [3.63, 3.8) is 0 Å². The molecular weight excluding hydrogens is 262 g/mol. The van der Waals surface area contributed by atoms with Gasteiger partial charge < -0.3 is 10.1 Å². The predicted molar refractivity (Wildman–Crippen MR) is 76.5 cm³/mol. The Balaban J connectivity index is 1.99. The van der Waals surface area contributed by atoms with Crippen molar-refractivity contribution >= 4 is 17.5 Å². The van der Waals surface area contributed by atoms with E-state index in [1.807, 2.05) is 6.07 Å². The minimum atomic E-state index is -0.119. The summed E-state index contributed by atoms with van der Waals surface area (Å²) in [7, 11) is 1.71. The molecule has 1 aliphatic rings. The fraction of sp³-hybridized carbons (Fsp3) is 0.533. The minimum absolute atomic E-state index is 0.00898. The maximum absolute atomic E-state index is 11.4. The van der Waals surface area contributed by atoms with Gasteiger partial charge in [-0.3, -0.25) is 4.79 Å². The first-order chi connectivity index (χ1) is 9.24. The van der Waals surface area contributed by atoms with Gasteiger partial charge in [0, 0.05) is 7.11 Å². The van der Waals surface area contributed by atoms with Crippen LogP contribution < -0.4 is 5.32 Å². The minimum Gasteiger partial charge on any atom is -0.379 e. The van der Waals surface area contributed by atoms with Crippen LogP contribution in [0.4, 0.5) is 0 Å². The van der Waals surface area contributed by atoms with Crippen molar-refractivity contribution in [3.05, 3.63) is 35.9 Å². The molecule has 4 heteroatoms. The van der Waals surface area contributed by atoms with E-state index in [-0.39, 0.29) is 23.9 Å². The maximum Gasteiger partial charge on any atom is 0.235 e. The predicted octanol–water partition coefficient (Wildman–Crippen LogP) is 2.69. The first-order valence-corrected chi connectivity index (χ1v) is 7.21. The second kappa shape index (κ2) is 6.92. The van der Waals surface area contributed by atoms with Crippen molar-refractivity contribution in [2.45, 2.75) is 37.3 Å². The fourth-order valence-corrected chi connectivity index (χ4v) is 2.91. The molecule has 1 aromatic rings. The van der Waals surface area contributed by atoms with Crippen molar-refractivity contribution in [2.24, 2.45) is 0 Å². The van der Waals surface area contributed by atoms with Crippen LogP contribution in [0.15, 0.2) is 30.3 Å². The molecule has 0 heterocycles. The second-order valence-electron chi connectivity index (χ2n) is 5.00. The lowest BCUT2D eigenvalue weighted by atomic mass is 9.80. The van der Waals surface area contributed by atoms with Crippen molar-refractivity contribution in [1.82, 2.24) is 5.32 Å². The van der Waals surface area contributed by atoms with Gasteiger partial charge in [-0.1, -0.05) is 30.3 Å². The molecule has 19 heavy (non-hydrogen) atoms. The summed E-state index contributed by atoms with van der Waals surface area (Å²) in [5.74, 6) is 0.400. The van der Waals surface area contributed by atoms with E-state index in [1.165, 1.54) is 5.56 Å². The van der Waals surface area contributed by atoms with Gasteiger partial charge in [0.2, 0.25) is 5.91 Å². The third kappa shape index (κ3) is 3.71. The van der Waals surface area contributed by atoms with E-state index in [0.717, 1.165) is 19.3 Å². The van der Waals surface area contributed by atoms with Gasteiger partial charge in [0.1, 0.15) is 5.88 Å². The Morgan fingerprint density at radius 1 is 1.37 bits per heavy atom. The number of alkyl halides is 1. The van der Waals surface area contributed by atoms with E-state index in [4.69, 9.17) is 16.3 Å². The average Bonchev–Trinajstić information content (AvgIpc) is 2.48. The third-order valence-electron chi connectivity index (χ3n) is 3.83. The van der Waals surface area contributed by atoms with Gasteiger partial charge in [0.15, 0.2) is 0 Å². The summed E-state index contributed by atoms with van der Waals surface area (Å²) in [5, 5.41) is 2.95. The van der Waals surface area contributed by atoms with E-state index >= 15 is 0 Å². The van der Waals surface area contributed by atoms with Crippen LogP contribution in [0.3, 0.4) is 0 Å². The molecule has 1 aromatic carbocycles. The number of carbonyl (C=O) groups excluding carboxylic acids is 1. The molecule has 1 amide bonds. The average molecular weight is 282 g/mol. The molecule has 2 rings (SSSR count). The van der Waals surface area contributed by atoms with Crippen LogP contribution >= 0.6 is 11.6 Å². The van der Waals surface area contributed by atoms with Crippen molar-refractivity contribution in [1.29, 1.82) is 0 Å². The standard InChI is InChI=1S/C15H20ClNO2/c1-19-14-9-12(11-5-3-2-4-6-11)7-8-13(14)17-15(18)10-16/h2-6,12-14H,7-10H2,1H3,(H,17,18). The first kappa shape index (κ1) is 14.4. The SMILES string of the molecule is COC1CC(c2ccccc2)CCC1NC(=O)CCl. The summed E-state index contributed by atoms with van der Waals surface area (Å²) >= 11 is 5.53. The van der Waals surface area contributed by atoms with Crippen molar-refractivity contribution < 1.29 is 9.53 Å². The molecule has 0 saturated heterocycles. The molecule has 0 aliphatic heterocycles. The summed E-state index contributed by atoms with van der Waals surface area (Å²) in [5.41, 5.74) is 1.35. The summed E-state index contributed by atoms with van der Waals surface area (Å²) in [6.45, 7) is 0. The van der Waals surface area contributed by atoms with E-state index in [2.05, 4.69) is 29.6 Å². The normalized spacial score (nSPS) is 26.9. The molecule has 0 bridgehead atoms. The summed E-state index contributed by atoms with van der Waals surface area (Å²) in [6.07, 6.45) is 3.00. The van der Waals surface area contributed by atoms with Crippen LogP contribution in [-0.4, -0.2) is 31.0 Å². The van der Waals surface area contributed by atoms with Crippen molar-refractivity contribution in [3.8, 4) is 0 Å². The molecular formula is C15H20ClNO2. The number of benzene rings is 1. The van der Waals surface area contributed by atoms with E-state index in [9.17, 15) is 4.79 Å². The Bertz CT molecular complexity index is 410. The van der Waals surface area contributed by atoms with Gasteiger partial charge in [0.25, 0.3) is 0 Å². The summed E-state index contributed by atoms with van der Waals surface area (Å²) in [4.78, 5) is 11.4. The zero-order valence-corrected chi connectivity index (χ0v) is 11.9. The molecule has 104 valence electrons. The third-order valence-corrected chi connectivity index (χ3v) is 4.08. The number of rotatable bonds is 4. The lowest BCUT2D eigenvalue weighted by Crippen LogP contribution is -2.47. The Kier molecular flexibility index (Phi) is 5.23. The lowest BCUT2D eigenvalue weighted by Gasteiger charge is -2.35. The first-order valence-electron chi connectivity index (χ1n) is 6.67. The van der Waals surface area contributed by atoms with Gasteiger partial charge in [-0.15, -0.1) is 11.6 Å². The molecule has 0 radical (unpaired) electrons. The summed E-state index contributed by atoms with van der Waals surface area (Å²) in [6, 6.07) is 10.6. The van der Waals surface area contributed by atoms with Crippen LogP contribution in [0.5, 0.6) is 0 Å². The van der Waals surface area contributed by atoms with Gasteiger partial charge in [-0.25, -0.2) is 0 Å². The number of nitrogens with one attached hydrogen (secondary N) is 1. The molecule has 1 N–H and O–H groups in total. The zero-order valence-electron chi connectivity index (χ0n) is 11.1. The highest BCUT2D eigenvalue weighted by atomic mass is 35.5. The Hall–Kier alpha value is -1.06. The van der Waals surface area contributed by atoms with Crippen LogP contribution in [0.25, 0.3) is 0 Å². The monoisotopic (exact) mass is 281 g/mol. The summed E-state index contributed by atoms with van der Waals surface area (Å²) < 4.78 is 5.54. The fourth-order valence-electron chi connectivity index (χ4n) is 2.83. The Morgan fingerprint density at radius 2 is 2.11 bits per heavy atom. The highest BCUT2D eigenvalue weighted by Gasteiger charge is 2.31. The zero-order chi connectivity index (χ0) is 13.7. The lowest BCUT2D eigenvalue weighted by molar-refractivity contribution is -0.120. The smallest absolute Gasteiger partial charge is 0.235 e. The number of hydrogen-bond donors (Lipinski definition) is 1. The number of methoxy groups -OCH3 is 1. The quantitative estimate of drug-likeness (QED) is 0.862. The van der Waals surface area contributed by atoms with Crippen LogP contribution in [-0.2, 0) is 9.53 Å². The van der Waals surface area contributed by atoms with Crippen molar-refractivity contribution in [2.75, 3.05) is 13.0 Å². The number of amides is 1. The highest BCUT2D eigenvalue weighted by Crippen LogP contribution is 2.34. The van der Waals surface area contributed by atoms with Gasteiger partial charge in [-0.2, -0.15) is 0 Å². The van der Waals surface area contributed by atoms with Crippen LogP contribution in [0, 0.1) is 0 Å². The van der Waals surface area contributed by atoms with Crippen LogP contribution in [0.1, 0.15) is 30.7 Å². The van der Waals surface area contributed by atoms with Crippen LogP contribution in [0.2, 0.25) is 0 Å². The molecule has 3 atom stereocenters. The maximum atomic E-state index is 11.4. The molecule has 3 nitrogen and oxygen atoms in total. The van der Waals surface area contributed by atoms with Gasteiger partial charge in [0.05, 0.1) is 12.1 Å². The van der Waals surface area contributed by atoms with E-state index in [0.29, 0.717) is 5.92 Å². The number of halogens is 1. The molecule has 0 spiro atoms. The topological polar surface area (TPSA) is 38.3 Å². The largest absolute Gasteiger partial charge is 0.379 e. The Morgan fingerprint density at radius 3 is 2.74 bits per heavy atom.